The summed E-state index contributed by atoms with van der Waals surface area (Å²) in [5.41, 5.74) is 5.61. The predicted octanol–water partition coefficient (Wildman–Crippen LogP) is 1.70. The summed E-state index contributed by atoms with van der Waals surface area (Å²) in [6.07, 6.45) is 3.38. The molecule has 5 heteroatoms. The van der Waals surface area contributed by atoms with Crippen LogP contribution in [-0.2, 0) is 6.61 Å². The van der Waals surface area contributed by atoms with Crippen LogP contribution >= 0.6 is 11.3 Å². The first-order valence-electron chi connectivity index (χ1n) is 4.08. The number of hydrogen-bond acceptors (Lipinski definition) is 5. The van der Waals surface area contributed by atoms with Gasteiger partial charge in [-0.1, -0.05) is 0 Å². The third-order valence-corrected chi connectivity index (χ3v) is 2.39. The monoisotopic (exact) mass is 207 g/mol. The molecule has 2 heterocycles. The van der Waals surface area contributed by atoms with Gasteiger partial charge >= 0.3 is 0 Å². The molecular weight excluding hydrogens is 198 g/mol. The Morgan fingerprint density at radius 2 is 2.29 bits per heavy atom. The lowest BCUT2D eigenvalue weighted by Crippen LogP contribution is -1.99. The fourth-order valence-corrected chi connectivity index (χ4v) is 1.52. The largest absolute Gasteiger partial charge is 0.483 e. The van der Waals surface area contributed by atoms with Gasteiger partial charge in [-0.05, 0) is 12.1 Å². The Morgan fingerprint density at radius 3 is 3.00 bits per heavy atom. The van der Waals surface area contributed by atoms with Gasteiger partial charge in [-0.2, -0.15) is 0 Å². The van der Waals surface area contributed by atoms with Crippen LogP contribution in [0.5, 0.6) is 5.75 Å². The molecule has 0 aromatic carbocycles. The molecule has 2 rings (SSSR count). The molecule has 0 fully saturated rings. The van der Waals surface area contributed by atoms with Crippen molar-refractivity contribution in [1.82, 2.24) is 9.97 Å². The van der Waals surface area contributed by atoms with E-state index in [-0.39, 0.29) is 0 Å². The van der Waals surface area contributed by atoms with Crippen molar-refractivity contribution >= 4 is 17.2 Å². The van der Waals surface area contributed by atoms with E-state index in [0.717, 1.165) is 5.01 Å². The number of ether oxygens (including phenoxy) is 1. The second kappa shape index (κ2) is 4.06. The molecule has 0 aliphatic rings. The van der Waals surface area contributed by atoms with Crippen LogP contribution in [0, 0.1) is 0 Å². The zero-order chi connectivity index (χ0) is 9.80. The first-order valence-corrected chi connectivity index (χ1v) is 4.96. The molecule has 4 nitrogen and oxygen atoms in total. The normalized spacial score (nSPS) is 10.0. The van der Waals surface area contributed by atoms with Gasteiger partial charge < -0.3 is 10.5 Å². The van der Waals surface area contributed by atoms with Crippen molar-refractivity contribution < 1.29 is 4.74 Å². The van der Waals surface area contributed by atoms with Gasteiger partial charge in [0.1, 0.15) is 11.6 Å². The minimum absolute atomic E-state index is 0.407. The molecule has 2 aromatic heterocycles. The zero-order valence-electron chi connectivity index (χ0n) is 7.38. The van der Waals surface area contributed by atoms with Gasteiger partial charge in [-0.15, -0.1) is 11.3 Å². The van der Waals surface area contributed by atoms with E-state index in [1.807, 2.05) is 5.38 Å². The highest BCUT2D eigenvalue weighted by Crippen LogP contribution is 2.18. The van der Waals surface area contributed by atoms with Crippen LogP contribution in [0.1, 0.15) is 5.01 Å². The summed E-state index contributed by atoms with van der Waals surface area (Å²) < 4.78 is 5.44. The van der Waals surface area contributed by atoms with E-state index in [1.54, 1.807) is 35.9 Å². The SMILES string of the molecule is Nc1ncccc1OCc1nccs1. The maximum absolute atomic E-state index is 5.61. The van der Waals surface area contributed by atoms with Crippen LogP contribution in [-0.4, -0.2) is 9.97 Å². The molecule has 0 saturated heterocycles. The van der Waals surface area contributed by atoms with Crippen molar-refractivity contribution in [1.29, 1.82) is 0 Å². The molecule has 72 valence electrons. The number of nitrogens with two attached hydrogens (primary N) is 1. The Labute approximate surface area is 85.4 Å². The van der Waals surface area contributed by atoms with Gasteiger partial charge in [-0.3, -0.25) is 0 Å². The lowest BCUT2D eigenvalue weighted by molar-refractivity contribution is 0.306. The Hall–Kier alpha value is -1.62. The minimum atomic E-state index is 0.407. The number of nitrogens with zero attached hydrogens (tertiary/aromatic N) is 2. The fraction of sp³-hybridized carbons (Fsp3) is 0.111. The fourth-order valence-electron chi connectivity index (χ4n) is 0.989. The number of pyridine rings is 1. The van der Waals surface area contributed by atoms with Gasteiger partial charge in [0.25, 0.3) is 0 Å². The lowest BCUT2D eigenvalue weighted by Gasteiger charge is -2.04. The van der Waals surface area contributed by atoms with Gasteiger partial charge in [0, 0.05) is 17.8 Å². The molecule has 0 spiro atoms. The summed E-state index contributed by atoms with van der Waals surface area (Å²) in [5, 5.41) is 2.83. The quantitative estimate of drug-likeness (QED) is 0.832. The van der Waals surface area contributed by atoms with E-state index >= 15 is 0 Å². The molecule has 2 aromatic rings. The zero-order valence-corrected chi connectivity index (χ0v) is 8.20. The number of anilines is 1. The van der Waals surface area contributed by atoms with Crippen LogP contribution in [0.15, 0.2) is 29.9 Å². The third kappa shape index (κ3) is 2.00. The molecule has 2 N–H and O–H groups in total. The average Bonchev–Trinajstić information content (AvgIpc) is 2.69. The molecule has 0 amide bonds. The molecular formula is C9H9N3OS. The van der Waals surface area contributed by atoms with Crippen molar-refractivity contribution in [2.24, 2.45) is 0 Å². The Morgan fingerprint density at radius 1 is 1.36 bits per heavy atom. The van der Waals surface area contributed by atoms with E-state index < -0.39 is 0 Å². The Kier molecular flexibility index (Phi) is 2.60. The Balaban J connectivity index is 2.02. The highest BCUT2D eigenvalue weighted by molar-refractivity contribution is 7.09. The topological polar surface area (TPSA) is 61.0 Å². The summed E-state index contributed by atoms with van der Waals surface area (Å²) in [7, 11) is 0. The van der Waals surface area contributed by atoms with E-state index in [1.165, 1.54) is 0 Å². The number of hydrogen-bond donors (Lipinski definition) is 1. The van der Waals surface area contributed by atoms with Crippen molar-refractivity contribution in [3.05, 3.63) is 34.9 Å². The Bertz CT molecular complexity index is 402. The summed E-state index contributed by atoms with van der Waals surface area (Å²) >= 11 is 1.55. The average molecular weight is 207 g/mol. The lowest BCUT2D eigenvalue weighted by atomic mass is 10.4. The van der Waals surface area contributed by atoms with Crippen molar-refractivity contribution in [3.8, 4) is 5.75 Å². The van der Waals surface area contributed by atoms with Crippen LogP contribution in [0.25, 0.3) is 0 Å². The second-order valence-electron chi connectivity index (χ2n) is 2.60. The van der Waals surface area contributed by atoms with Gasteiger partial charge in [-0.25, -0.2) is 9.97 Å². The van der Waals surface area contributed by atoms with Crippen LogP contribution < -0.4 is 10.5 Å². The number of rotatable bonds is 3. The predicted molar refractivity (Wildman–Crippen MR) is 55.1 cm³/mol. The molecule has 0 saturated carbocycles. The second-order valence-corrected chi connectivity index (χ2v) is 3.58. The molecule has 0 atom stereocenters. The molecule has 0 bridgehead atoms. The van der Waals surface area contributed by atoms with Gasteiger partial charge in [0.15, 0.2) is 11.6 Å². The standard InChI is InChI=1S/C9H9N3OS/c10-9-7(2-1-3-12-9)13-6-8-11-4-5-14-8/h1-5H,6H2,(H2,10,12). The van der Waals surface area contributed by atoms with Crippen molar-refractivity contribution in [2.45, 2.75) is 6.61 Å². The van der Waals surface area contributed by atoms with Crippen LogP contribution in [0.2, 0.25) is 0 Å². The third-order valence-electron chi connectivity index (χ3n) is 1.63. The highest BCUT2D eigenvalue weighted by atomic mass is 32.1. The van der Waals surface area contributed by atoms with Crippen LogP contribution in [0.4, 0.5) is 5.82 Å². The number of thiazole rings is 1. The first-order chi connectivity index (χ1) is 6.86. The molecule has 0 aliphatic heterocycles. The maximum Gasteiger partial charge on any atom is 0.166 e. The van der Waals surface area contributed by atoms with Crippen molar-refractivity contribution in [2.75, 3.05) is 5.73 Å². The van der Waals surface area contributed by atoms with E-state index in [9.17, 15) is 0 Å². The number of aromatic nitrogens is 2. The van der Waals surface area contributed by atoms with E-state index in [2.05, 4.69) is 9.97 Å². The van der Waals surface area contributed by atoms with E-state index in [0.29, 0.717) is 18.2 Å². The molecule has 0 aliphatic carbocycles. The molecule has 0 unspecified atom stereocenters. The van der Waals surface area contributed by atoms with Gasteiger partial charge in [0.2, 0.25) is 0 Å². The summed E-state index contributed by atoms with van der Waals surface area (Å²) in [6.45, 7) is 0.438. The molecule has 0 radical (unpaired) electrons. The van der Waals surface area contributed by atoms with Crippen LogP contribution in [0.3, 0.4) is 0 Å². The maximum atomic E-state index is 5.61. The van der Waals surface area contributed by atoms with Crippen molar-refractivity contribution in [3.63, 3.8) is 0 Å². The molecule has 14 heavy (non-hydrogen) atoms. The minimum Gasteiger partial charge on any atom is -0.483 e. The van der Waals surface area contributed by atoms with Gasteiger partial charge in [0.05, 0.1) is 0 Å². The summed E-state index contributed by atoms with van der Waals surface area (Å²) in [6, 6.07) is 3.57. The van der Waals surface area contributed by atoms with E-state index in [4.69, 9.17) is 10.5 Å². The highest BCUT2D eigenvalue weighted by Gasteiger charge is 2.01. The first kappa shape index (κ1) is 8.96. The smallest absolute Gasteiger partial charge is 0.166 e. The number of nitrogen functional groups attached to an aromatic ring is 1. The summed E-state index contributed by atoms with van der Waals surface area (Å²) in [4.78, 5) is 8.01. The summed E-state index contributed by atoms with van der Waals surface area (Å²) in [5.74, 6) is 1.01.